The Balaban J connectivity index is 2.70. The molecule has 0 atom stereocenters. The average Bonchev–Trinajstić information content (AvgIpc) is 2.64. The molecule has 0 aromatic heterocycles. The van der Waals surface area contributed by atoms with Crippen molar-refractivity contribution in [3.63, 3.8) is 0 Å². The van der Waals surface area contributed by atoms with E-state index in [-0.39, 0.29) is 5.41 Å². The summed E-state index contributed by atoms with van der Waals surface area (Å²) in [4.78, 5) is 0. The van der Waals surface area contributed by atoms with Gasteiger partial charge in [-0.2, -0.15) is 0 Å². The number of benzene rings is 1. The molecule has 1 aromatic rings. The van der Waals surface area contributed by atoms with E-state index in [9.17, 15) is 8.42 Å². The van der Waals surface area contributed by atoms with Crippen LogP contribution in [0.25, 0.3) is 0 Å². The van der Waals surface area contributed by atoms with Crippen LogP contribution in [0, 0.1) is 11.8 Å². The molecule has 0 saturated carbocycles. The fourth-order valence-electron chi connectivity index (χ4n) is 3.44. The minimum absolute atomic E-state index is 0.0975. The van der Waals surface area contributed by atoms with Gasteiger partial charge in [0.05, 0.1) is 11.9 Å². The molecule has 2 rings (SSSR count). The lowest BCUT2D eigenvalue weighted by Crippen LogP contribution is -2.43. The van der Waals surface area contributed by atoms with Gasteiger partial charge >= 0.3 is 0 Å². The van der Waals surface area contributed by atoms with E-state index in [1.807, 2.05) is 18.2 Å². The van der Waals surface area contributed by atoms with Gasteiger partial charge in [-0.05, 0) is 23.5 Å². The summed E-state index contributed by atoms with van der Waals surface area (Å²) in [6.45, 7) is 9.29. The quantitative estimate of drug-likeness (QED) is 0.854. The number of fused-ring (bicyclic) bond motifs is 1. The summed E-state index contributed by atoms with van der Waals surface area (Å²) in [6.07, 6.45) is 1.29. The first kappa shape index (κ1) is 14.4. The molecule has 0 amide bonds. The fourth-order valence-corrected chi connectivity index (χ4v) is 4.41. The molecule has 19 heavy (non-hydrogen) atoms. The van der Waals surface area contributed by atoms with E-state index >= 15 is 0 Å². The van der Waals surface area contributed by atoms with Crippen LogP contribution in [0.2, 0.25) is 0 Å². The molecule has 1 aliphatic rings. The molecule has 0 fully saturated rings. The van der Waals surface area contributed by atoms with Gasteiger partial charge in [-0.3, -0.25) is 4.31 Å². The van der Waals surface area contributed by atoms with Gasteiger partial charge in [-0.15, -0.1) is 0 Å². The predicted octanol–water partition coefficient (Wildman–Crippen LogP) is 3.02. The van der Waals surface area contributed by atoms with Crippen LogP contribution in [0.15, 0.2) is 24.3 Å². The summed E-state index contributed by atoms with van der Waals surface area (Å²) in [5.74, 6) is 0.779. The van der Waals surface area contributed by atoms with Crippen molar-refractivity contribution >= 4 is 15.7 Å². The molecule has 106 valence electrons. The van der Waals surface area contributed by atoms with Crippen molar-refractivity contribution in [3.8, 4) is 0 Å². The summed E-state index contributed by atoms with van der Waals surface area (Å²) in [7, 11) is -3.22. The monoisotopic (exact) mass is 281 g/mol. The Bertz CT molecular complexity index is 568. The third kappa shape index (κ3) is 2.06. The maximum absolute atomic E-state index is 12.1. The molecule has 4 heteroatoms. The van der Waals surface area contributed by atoms with Gasteiger partial charge < -0.3 is 0 Å². The lowest BCUT2D eigenvalue weighted by molar-refractivity contribution is 0.241. The summed E-state index contributed by atoms with van der Waals surface area (Å²) >= 11 is 0. The SMILES string of the molecule is CC(C)C1(C(C)C)CN(S(C)(=O)=O)c2ccccc21. The Kier molecular flexibility index (Phi) is 3.42. The Labute approximate surface area is 116 Å². The zero-order chi connectivity index (χ0) is 14.4. The molecular weight excluding hydrogens is 258 g/mol. The van der Waals surface area contributed by atoms with E-state index < -0.39 is 10.0 Å². The van der Waals surface area contributed by atoms with Crippen LogP contribution in [-0.4, -0.2) is 21.2 Å². The minimum atomic E-state index is -3.22. The molecule has 0 bridgehead atoms. The Morgan fingerprint density at radius 3 is 2.11 bits per heavy atom. The zero-order valence-electron chi connectivity index (χ0n) is 12.3. The van der Waals surface area contributed by atoms with Gasteiger partial charge in [0.1, 0.15) is 0 Å². The second-order valence-corrected chi connectivity index (χ2v) is 8.04. The first-order valence-electron chi connectivity index (χ1n) is 6.78. The molecule has 0 radical (unpaired) electrons. The number of hydrogen-bond donors (Lipinski definition) is 0. The van der Waals surface area contributed by atoms with Gasteiger partial charge in [-0.25, -0.2) is 8.42 Å². The molecule has 1 aromatic carbocycles. The van der Waals surface area contributed by atoms with Crippen LogP contribution in [0.4, 0.5) is 5.69 Å². The highest BCUT2D eigenvalue weighted by Gasteiger charge is 2.49. The van der Waals surface area contributed by atoms with Crippen LogP contribution >= 0.6 is 0 Å². The standard InChI is InChI=1S/C15H23NO2S/c1-11(2)15(12(3)4)10-16(19(5,17)18)14-9-7-6-8-13(14)15/h6-9,11-12H,10H2,1-5H3. The number of rotatable bonds is 3. The zero-order valence-corrected chi connectivity index (χ0v) is 13.2. The van der Waals surface area contributed by atoms with E-state index in [1.165, 1.54) is 11.8 Å². The largest absolute Gasteiger partial charge is 0.269 e. The van der Waals surface area contributed by atoms with Gasteiger partial charge in [0.25, 0.3) is 0 Å². The van der Waals surface area contributed by atoms with Crippen molar-refractivity contribution in [1.82, 2.24) is 0 Å². The molecule has 0 aliphatic carbocycles. The van der Waals surface area contributed by atoms with Crippen molar-refractivity contribution in [3.05, 3.63) is 29.8 Å². The van der Waals surface area contributed by atoms with Crippen molar-refractivity contribution < 1.29 is 8.42 Å². The van der Waals surface area contributed by atoms with Crippen LogP contribution < -0.4 is 4.31 Å². The predicted molar refractivity (Wildman–Crippen MR) is 80.0 cm³/mol. The second-order valence-electron chi connectivity index (χ2n) is 6.14. The Morgan fingerprint density at radius 2 is 1.63 bits per heavy atom. The van der Waals surface area contributed by atoms with Gasteiger partial charge in [0.15, 0.2) is 0 Å². The molecule has 0 spiro atoms. The van der Waals surface area contributed by atoms with Crippen molar-refractivity contribution in [2.45, 2.75) is 33.1 Å². The summed E-state index contributed by atoms with van der Waals surface area (Å²) in [5.41, 5.74) is 1.93. The molecule has 1 heterocycles. The number of anilines is 1. The highest BCUT2D eigenvalue weighted by atomic mass is 32.2. The second kappa shape index (κ2) is 4.51. The maximum atomic E-state index is 12.1. The number of hydrogen-bond acceptors (Lipinski definition) is 2. The highest BCUT2D eigenvalue weighted by molar-refractivity contribution is 7.92. The van der Waals surface area contributed by atoms with Gasteiger partial charge in [-0.1, -0.05) is 45.9 Å². The van der Waals surface area contributed by atoms with E-state index in [0.717, 1.165) is 5.69 Å². The van der Waals surface area contributed by atoms with E-state index in [4.69, 9.17) is 0 Å². The summed E-state index contributed by atoms with van der Waals surface area (Å²) < 4.78 is 25.7. The van der Waals surface area contributed by atoms with E-state index in [0.29, 0.717) is 18.4 Å². The first-order valence-corrected chi connectivity index (χ1v) is 8.63. The van der Waals surface area contributed by atoms with Crippen LogP contribution in [-0.2, 0) is 15.4 Å². The fraction of sp³-hybridized carbons (Fsp3) is 0.600. The third-order valence-corrected chi connectivity index (χ3v) is 5.67. The molecule has 0 N–H and O–H groups in total. The maximum Gasteiger partial charge on any atom is 0.232 e. The van der Waals surface area contributed by atoms with Crippen molar-refractivity contribution in [1.29, 1.82) is 0 Å². The molecule has 0 unspecified atom stereocenters. The van der Waals surface area contributed by atoms with Gasteiger partial charge in [0, 0.05) is 12.0 Å². The smallest absolute Gasteiger partial charge is 0.232 e. The van der Waals surface area contributed by atoms with Crippen LogP contribution in [0.1, 0.15) is 33.3 Å². The molecular formula is C15H23NO2S. The lowest BCUT2D eigenvalue weighted by atomic mass is 9.66. The van der Waals surface area contributed by atoms with Crippen molar-refractivity contribution in [2.24, 2.45) is 11.8 Å². The first-order chi connectivity index (χ1) is 8.71. The highest BCUT2D eigenvalue weighted by Crippen LogP contribution is 2.50. The van der Waals surface area contributed by atoms with Crippen LogP contribution in [0.5, 0.6) is 0 Å². The lowest BCUT2D eigenvalue weighted by Gasteiger charge is -2.38. The Hall–Kier alpha value is -1.03. The van der Waals surface area contributed by atoms with Crippen molar-refractivity contribution in [2.75, 3.05) is 17.1 Å². The average molecular weight is 281 g/mol. The number of para-hydroxylation sites is 1. The van der Waals surface area contributed by atoms with Gasteiger partial charge in [0.2, 0.25) is 10.0 Å². The summed E-state index contributed by atoms with van der Waals surface area (Å²) in [6, 6.07) is 7.92. The molecule has 0 saturated heterocycles. The molecule has 3 nitrogen and oxygen atoms in total. The third-order valence-electron chi connectivity index (χ3n) is 4.54. The summed E-state index contributed by atoms with van der Waals surface area (Å²) in [5, 5.41) is 0. The normalized spacial score (nSPS) is 18.2. The van der Waals surface area contributed by atoms with E-state index in [1.54, 1.807) is 4.31 Å². The topological polar surface area (TPSA) is 37.4 Å². The van der Waals surface area contributed by atoms with Crippen LogP contribution in [0.3, 0.4) is 0 Å². The number of sulfonamides is 1. The minimum Gasteiger partial charge on any atom is -0.269 e. The number of nitrogens with zero attached hydrogens (tertiary/aromatic N) is 1. The molecule has 1 aliphatic heterocycles. The van der Waals surface area contributed by atoms with E-state index in [2.05, 4.69) is 33.8 Å². The Morgan fingerprint density at radius 1 is 1.11 bits per heavy atom.